The Morgan fingerprint density at radius 3 is 2.39 bits per heavy atom. The molecule has 0 saturated carbocycles. The Balaban J connectivity index is 2.47. The number of benzene rings is 2. The Bertz CT molecular complexity index is 625. The molecule has 0 aliphatic carbocycles. The summed E-state index contributed by atoms with van der Waals surface area (Å²) in [6, 6.07) is 14.2. The molecule has 0 aliphatic heterocycles. The summed E-state index contributed by atoms with van der Waals surface area (Å²) in [7, 11) is 0. The third-order valence-electron chi connectivity index (χ3n) is 2.45. The molecule has 1 nitrogen and oxygen atoms in total. The second-order valence-corrected chi connectivity index (χ2v) is 3.70. The predicted molar refractivity (Wildman–Crippen MR) is 66.3 cm³/mol. The van der Waals surface area contributed by atoms with Crippen molar-refractivity contribution in [3.05, 3.63) is 71.3 Å². The minimum Gasteiger partial charge on any atom is -0.207 e. The van der Waals surface area contributed by atoms with Crippen molar-refractivity contribution >= 4 is 11.6 Å². The van der Waals surface area contributed by atoms with Crippen molar-refractivity contribution in [1.29, 1.82) is 5.26 Å². The third-order valence-corrected chi connectivity index (χ3v) is 2.45. The smallest absolute Gasteiger partial charge is 0.134 e. The van der Waals surface area contributed by atoms with E-state index in [9.17, 15) is 8.78 Å². The first-order valence-corrected chi connectivity index (χ1v) is 5.33. The molecule has 0 saturated heterocycles. The summed E-state index contributed by atoms with van der Waals surface area (Å²) in [6.45, 7) is 0. The zero-order chi connectivity index (χ0) is 13.0. The molecule has 88 valence electrons. The van der Waals surface area contributed by atoms with Crippen LogP contribution < -0.4 is 0 Å². The first kappa shape index (κ1) is 12.0. The number of rotatable bonds is 2. The number of nitrogens with zero attached hydrogens (tertiary/aromatic N) is 1. The largest absolute Gasteiger partial charge is 0.207 e. The number of halogens is 2. The molecule has 0 fully saturated rings. The summed E-state index contributed by atoms with van der Waals surface area (Å²) in [6.07, 6.45) is 1.57. The fourth-order valence-corrected chi connectivity index (χ4v) is 1.59. The van der Waals surface area contributed by atoms with E-state index in [1.165, 1.54) is 6.07 Å². The van der Waals surface area contributed by atoms with Crippen molar-refractivity contribution in [2.45, 2.75) is 0 Å². The molecular formula is C15H9F2N. The van der Waals surface area contributed by atoms with Gasteiger partial charge < -0.3 is 0 Å². The van der Waals surface area contributed by atoms with E-state index in [1.54, 1.807) is 18.2 Å². The Morgan fingerprint density at radius 2 is 1.78 bits per heavy atom. The molecule has 0 bridgehead atoms. The van der Waals surface area contributed by atoms with E-state index in [2.05, 4.69) is 0 Å². The van der Waals surface area contributed by atoms with Gasteiger partial charge in [0.2, 0.25) is 0 Å². The van der Waals surface area contributed by atoms with Crippen LogP contribution in [-0.4, -0.2) is 0 Å². The summed E-state index contributed by atoms with van der Waals surface area (Å²) in [5.41, 5.74) is 1.05. The van der Waals surface area contributed by atoms with Gasteiger partial charge in [-0.15, -0.1) is 0 Å². The van der Waals surface area contributed by atoms with Gasteiger partial charge in [-0.25, -0.2) is 8.78 Å². The predicted octanol–water partition coefficient (Wildman–Crippen LogP) is 4.03. The molecule has 18 heavy (non-hydrogen) atoms. The second kappa shape index (κ2) is 5.24. The van der Waals surface area contributed by atoms with Crippen LogP contribution in [0.1, 0.15) is 11.1 Å². The number of nitriles is 1. The Labute approximate surface area is 104 Å². The van der Waals surface area contributed by atoms with Gasteiger partial charge >= 0.3 is 0 Å². The number of hydrogen-bond acceptors (Lipinski definition) is 1. The van der Waals surface area contributed by atoms with Crippen molar-refractivity contribution < 1.29 is 8.78 Å². The summed E-state index contributed by atoms with van der Waals surface area (Å²) in [4.78, 5) is 0. The average Bonchev–Trinajstić information content (AvgIpc) is 2.38. The van der Waals surface area contributed by atoms with Gasteiger partial charge in [0.05, 0.1) is 11.6 Å². The fraction of sp³-hybridized carbons (Fsp3) is 0. The van der Waals surface area contributed by atoms with Crippen LogP contribution in [0.5, 0.6) is 0 Å². The average molecular weight is 241 g/mol. The molecule has 2 aromatic rings. The number of hydrogen-bond donors (Lipinski definition) is 0. The zero-order valence-corrected chi connectivity index (χ0v) is 9.40. The SMILES string of the molecule is N#CC(=Cc1ccccc1)c1ccc(F)cc1F. The molecule has 0 aliphatic rings. The highest BCUT2D eigenvalue weighted by molar-refractivity contribution is 5.89. The second-order valence-electron chi connectivity index (χ2n) is 3.70. The van der Waals surface area contributed by atoms with E-state index in [-0.39, 0.29) is 11.1 Å². The quantitative estimate of drug-likeness (QED) is 0.575. The molecule has 2 rings (SSSR count). The van der Waals surface area contributed by atoms with Gasteiger partial charge in [-0.05, 0) is 23.8 Å². The van der Waals surface area contributed by atoms with E-state index < -0.39 is 11.6 Å². The van der Waals surface area contributed by atoms with E-state index in [0.29, 0.717) is 0 Å². The minimum absolute atomic E-state index is 0.0998. The van der Waals surface area contributed by atoms with Crippen LogP contribution in [0.2, 0.25) is 0 Å². The molecule has 0 N–H and O–H groups in total. The summed E-state index contributed by atoms with van der Waals surface area (Å²) < 4.78 is 26.4. The molecule has 0 unspecified atom stereocenters. The van der Waals surface area contributed by atoms with Crippen LogP contribution in [0.15, 0.2) is 48.5 Å². The lowest BCUT2D eigenvalue weighted by atomic mass is 10.0. The monoisotopic (exact) mass is 241 g/mol. The molecule has 0 radical (unpaired) electrons. The Kier molecular flexibility index (Phi) is 3.49. The normalized spacial score (nSPS) is 11.1. The van der Waals surface area contributed by atoms with E-state index in [4.69, 9.17) is 5.26 Å². The fourth-order valence-electron chi connectivity index (χ4n) is 1.59. The lowest BCUT2D eigenvalue weighted by Crippen LogP contribution is -1.89. The van der Waals surface area contributed by atoms with Gasteiger partial charge in [0, 0.05) is 11.6 Å². The maximum atomic E-state index is 13.6. The van der Waals surface area contributed by atoms with Gasteiger partial charge in [-0.3, -0.25) is 0 Å². The summed E-state index contributed by atoms with van der Waals surface area (Å²) in [5.74, 6) is -1.40. The molecule has 0 amide bonds. The van der Waals surface area contributed by atoms with Gasteiger partial charge in [-0.2, -0.15) is 5.26 Å². The molecule has 3 heteroatoms. The van der Waals surface area contributed by atoms with Crippen molar-refractivity contribution in [3.8, 4) is 6.07 Å². The minimum atomic E-state index is -0.737. The van der Waals surface area contributed by atoms with Crippen LogP contribution in [0.25, 0.3) is 11.6 Å². The standard InChI is InChI=1S/C15H9F2N/c16-13-6-7-14(15(17)9-13)12(10-18)8-11-4-2-1-3-5-11/h1-9H. The Morgan fingerprint density at radius 1 is 1.06 bits per heavy atom. The lowest BCUT2D eigenvalue weighted by molar-refractivity contribution is 0.581. The van der Waals surface area contributed by atoms with E-state index in [0.717, 1.165) is 17.7 Å². The van der Waals surface area contributed by atoms with Gasteiger partial charge in [-0.1, -0.05) is 30.3 Å². The van der Waals surface area contributed by atoms with Crippen LogP contribution in [0.4, 0.5) is 8.78 Å². The van der Waals surface area contributed by atoms with Crippen molar-refractivity contribution in [2.75, 3.05) is 0 Å². The Hall–Kier alpha value is -2.47. The van der Waals surface area contributed by atoms with Crippen LogP contribution in [-0.2, 0) is 0 Å². The zero-order valence-electron chi connectivity index (χ0n) is 9.40. The third kappa shape index (κ3) is 2.61. The van der Waals surface area contributed by atoms with Crippen molar-refractivity contribution in [1.82, 2.24) is 0 Å². The van der Waals surface area contributed by atoms with E-state index >= 15 is 0 Å². The molecule has 2 aromatic carbocycles. The van der Waals surface area contributed by atoms with Crippen molar-refractivity contribution in [3.63, 3.8) is 0 Å². The van der Waals surface area contributed by atoms with Crippen molar-refractivity contribution in [2.24, 2.45) is 0 Å². The van der Waals surface area contributed by atoms with Crippen LogP contribution in [0.3, 0.4) is 0 Å². The maximum Gasteiger partial charge on any atom is 0.134 e. The molecular weight excluding hydrogens is 232 g/mol. The highest BCUT2D eigenvalue weighted by Crippen LogP contribution is 2.21. The summed E-state index contributed by atoms with van der Waals surface area (Å²) >= 11 is 0. The summed E-state index contributed by atoms with van der Waals surface area (Å²) in [5, 5.41) is 9.06. The first-order valence-electron chi connectivity index (χ1n) is 5.33. The van der Waals surface area contributed by atoms with E-state index in [1.807, 2.05) is 24.3 Å². The molecule has 0 spiro atoms. The topological polar surface area (TPSA) is 23.8 Å². The lowest BCUT2D eigenvalue weighted by Gasteiger charge is -2.01. The molecule has 0 aromatic heterocycles. The first-order chi connectivity index (χ1) is 8.70. The van der Waals surface area contributed by atoms with Crippen LogP contribution >= 0.6 is 0 Å². The van der Waals surface area contributed by atoms with Gasteiger partial charge in [0.15, 0.2) is 0 Å². The van der Waals surface area contributed by atoms with Gasteiger partial charge in [0.1, 0.15) is 11.6 Å². The number of allylic oxidation sites excluding steroid dienone is 1. The molecule has 0 heterocycles. The highest BCUT2D eigenvalue weighted by atomic mass is 19.1. The maximum absolute atomic E-state index is 13.6. The molecule has 0 atom stereocenters. The highest BCUT2D eigenvalue weighted by Gasteiger charge is 2.08. The van der Waals surface area contributed by atoms with Crippen LogP contribution in [0, 0.1) is 23.0 Å². The van der Waals surface area contributed by atoms with Gasteiger partial charge in [0.25, 0.3) is 0 Å².